The van der Waals surface area contributed by atoms with Gasteiger partial charge in [0.1, 0.15) is 0 Å². The maximum absolute atomic E-state index is 8.89. The van der Waals surface area contributed by atoms with Crippen LogP contribution in [0.2, 0.25) is 0 Å². The molecule has 0 aromatic carbocycles. The zero-order valence-corrected chi connectivity index (χ0v) is 5.19. The summed E-state index contributed by atoms with van der Waals surface area (Å²) in [6, 6.07) is 0. The topological polar surface area (TPSA) is 76.6 Å². The van der Waals surface area contributed by atoms with Crippen molar-refractivity contribution in [3.8, 4) is 0 Å². The number of carboxylic acids is 1. The van der Waals surface area contributed by atoms with Gasteiger partial charge in [-0.05, 0) is 6.92 Å². The molecule has 4 N–H and O–H groups in total. The van der Waals surface area contributed by atoms with Gasteiger partial charge in [-0.25, -0.2) is 0 Å². The second kappa shape index (κ2) is 16.5. The molecule has 0 heterocycles. The number of quaternary nitrogens is 1. The summed E-state index contributed by atoms with van der Waals surface area (Å²) in [6.45, 7) is 0.972. The molecule has 0 aliphatic carbocycles. The number of aliphatic carboxylic acids is 1. The molecule has 0 aromatic heterocycles. The van der Waals surface area contributed by atoms with Crippen molar-refractivity contribution >= 4 is 5.97 Å². The molecule has 0 aliphatic rings. The van der Waals surface area contributed by atoms with Gasteiger partial charge in [-0.1, -0.05) is 7.43 Å². The summed E-state index contributed by atoms with van der Waals surface area (Å²) in [7, 11) is 0. The number of carbonyl (C=O) groups excluding carboxylic acids is 1. The van der Waals surface area contributed by atoms with E-state index in [0.717, 1.165) is 6.92 Å². The molecule has 0 unspecified atom stereocenters. The van der Waals surface area contributed by atoms with Gasteiger partial charge in [0, 0.05) is 26.4 Å². The normalized spacial score (nSPS) is 3.57. The van der Waals surface area contributed by atoms with Gasteiger partial charge in [0.25, 0.3) is 0 Å². The molecule has 0 spiro atoms. The minimum absolute atomic E-state index is 0. The minimum atomic E-state index is -1.08. The Bertz CT molecular complexity index is 35.9. The van der Waals surface area contributed by atoms with Gasteiger partial charge >= 0.3 is 0 Å². The fourth-order valence-corrected chi connectivity index (χ4v) is 0. The zero-order chi connectivity index (χ0) is 3.58. The molecule has 0 aromatic rings. The Hall–Kier alpha value is 0.0923. The minimum Gasteiger partial charge on any atom is -0.550 e. The summed E-state index contributed by atoms with van der Waals surface area (Å²) in [6.07, 6.45) is 0. The van der Waals surface area contributed by atoms with E-state index in [1.807, 2.05) is 0 Å². The van der Waals surface area contributed by atoms with Crippen molar-refractivity contribution in [3.05, 3.63) is 0 Å². The third-order valence-corrected chi connectivity index (χ3v) is 0. The molecular formula is C3H11NO2Pd. The number of carbonyl (C=O) groups is 1. The summed E-state index contributed by atoms with van der Waals surface area (Å²) in [5.41, 5.74) is 0. The molecule has 0 fully saturated rings. The van der Waals surface area contributed by atoms with Crippen molar-refractivity contribution in [2.75, 3.05) is 0 Å². The van der Waals surface area contributed by atoms with Gasteiger partial charge in [0.2, 0.25) is 0 Å². The monoisotopic (exact) mass is 199 g/mol. The molecule has 50 valence electrons. The van der Waals surface area contributed by atoms with Gasteiger partial charge in [-0.3, -0.25) is 0 Å². The van der Waals surface area contributed by atoms with E-state index in [4.69, 9.17) is 9.90 Å². The third-order valence-electron chi connectivity index (χ3n) is 0. The van der Waals surface area contributed by atoms with Crippen molar-refractivity contribution in [3.63, 3.8) is 0 Å². The van der Waals surface area contributed by atoms with Crippen LogP contribution in [0.5, 0.6) is 0 Å². The first-order valence-electron chi connectivity index (χ1n) is 0.908. The van der Waals surface area contributed by atoms with Crippen LogP contribution in [-0.4, -0.2) is 5.97 Å². The van der Waals surface area contributed by atoms with E-state index in [-0.39, 0.29) is 34.0 Å². The molecule has 0 atom stereocenters. The van der Waals surface area contributed by atoms with Gasteiger partial charge in [0.15, 0.2) is 0 Å². The molecule has 0 bridgehead atoms. The second-order valence-electron chi connectivity index (χ2n) is 0.492. The van der Waals surface area contributed by atoms with Crippen molar-refractivity contribution in [1.82, 2.24) is 6.15 Å². The summed E-state index contributed by atoms with van der Waals surface area (Å²) in [5.74, 6) is -1.08. The van der Waals surface area contributed by atoms with Gasteiger partial charge in [-0.2, -0.15) is 0 Å². The predicted molar refractivity (Wildman–Crippen MR) is 23.4 cm³/mol. The van der Waals surface area contributed by atoms with Crippen LogP contribution in [0.25, 0.3) is 0 Å². The van der Waals surface area contributed by atoms with Crippen LogP contribution < -0.4 is 11.3 Å². The van der Waals surface area contributed by atoms with Crippen molar-refractivity contribution in [2.45, 2.75) is 14.4 Å². The Morgan fingerprint density at radius 2 is 1.57 bits per heavy atom. The van der Waals surface area contributed by atoms with Crippen LogP contribution in [-0.2, 0) is 25.2 Å². The molecule has 0 amide bonds. The first kappa shape index (κ1) is 27.5. The first-order chi connectivity index (χ1) is 1.73. The fraction of sp³-hybridized carbons (Fsp3) is 0.667. The summed E-state index contributed by atoms with van der Waals surface area (Å²) < 4.78 is 0. The first-order valence-corrected chi connectivity index (χ1v) is 0.908. The quantitative estimate of drug-likeness (QED) is 0.547. The number of rotatable bonds is 0. The SMILES string of the molecule is C.CC(=O)[O-].[NH4+].[Pd]. The molecule has 7 heavy (non-hydrogen) atoms. The predicted octanol–water partition coefficient (Wildman–Crippen LogP) is -0.234. The average molecular weight is 200 g/mol. The largest absolute Gasteiger partial charge is 0.550 e. The maximum atomic E-state index is 8.89. The van der Waals surface area contributed by atoms with Crippen molar-refractivity contribution < 1.29 is 30.3 Å². The van der Waals surface area contributed by atoms with E-state index in [2.05, 4.69) is 0 Å². The number of hydrogen-bond acceptors (Lipinski definition) is 2. The van der Waals surface area contributed by atoms with Crippen LogP contribution in [0.1, 0.15) is 14.4 Å². The number of hydrogen-bond donors (Lipinski definition) is 1. The van der Waals surface area contributed by atoms with Crippen molar-refractivity contribution in [1.29, 1.82) is 0 Å². The van der Waals surface area contributed by atoms with E-state index in [0.29, 0.717) is 0 Å². The summed E-state index contributed by atoms with van der Waals surface area (Å²) in [5, 5.41) is 8.89. The van der Waals surface area contributed by atoms with Crippen LogP contribution in [0.4, 0.5) is 0 Å². The summed E-state index contributed by atoms with van der Waals surface area (Å²) in [4.78, 5) is 8.89. The van der Waals surface area contributed by atoms with E-state index >= 15 is 0 Å². The van der Waals surface area contributed by atoms with Gasteiger partial charge in [0.05, 0.1) is 0 Å². The Morgan fingerprint density at radius 3 is 1.57 bits per heavy atom. The van der Waals surface area contributed by atoms with E-state index < -0.39 is 5.97 Å². The third kappa shape index (κ3) is 12000. The second-order valence-corrected chi connectivity index (χ2v) is 0.492. The van der Waals surface area contributed by atoms with Crippen LogP contribution in [0, 0.1) is 0 Å². The van der Waals surface area contributed by atoms with E-state index in [1.54, 1.807) is 0 Å². The maximum Gasteiger partial charge on any atom is 0.0383 e. The molecule has 0 rings (SSSR count). The average Bonchev–Trinajstić information content (AvgIpc) is 0.811. The molecule has 3 nitrogen and oxygen atoms in total. The Kier molecular flexibility index (Phi) is 65.0. The molecule has 0 saturated heterocycles. The van der Waals surface area contributed by atoms with Crippen molar-refractivity contribution in [2.24, 2.45) is 0 Å². The van der Waals surface area contributed by atoms with Gasteiger partial charge < -0.3 is 16.1 Å². The Balaban J connectivity index is -0.0000000150. The Morgan fingerprint density at radius 1 is 1.57 bits per heavy atom. The molecule has 0 radical (unpaired) electrons. The van der Waals surface area contributed by atoms with Crippen LogP contribution in [0.15, 0.2) is 0 Å². The zero-order valence-electron chi connectivity index (χ0n) is 3.63. The van der Waals surface area contributed by atoms with E-state index in [9.17, 15) is 0 Å². The Labute approximate surface area is 57.3 Å². The molecule has 0 aliphatic heterocycles. The van der Waals surface area contributed by atoms with E-state index in [1.165, 1.54) is 0 Å². The smallest absolute Gasteiger partial charge is 0.0383 e. The molecule has 4 heteroatoms. The van der Waals surface area contributed by atoms with Crippen LogP contribution in [0.3, 0.4) is 0 Å². The summed E-state index contributed by atoms with van der Waals surface area (Å²) >= 11 is 0. The molecule has 0 saturated carbocycles. The molecular weight excluding hydrogens is 188 g/mol. The fourth-order valence-electron chi connectivity index (χ4n) is 0. The van der Waals surface area contributed by atoms with Crippen LogP contribution >= 0.6 is 0 Å². The van der Waals surface area contributed by atoms with Gasteiger partial charge in [-0.15, -0.1) is 0 Å². The number of carboxylic acid groups (broad SMARTS) is 1. The standard InChI is InChI=1S/C2H4O2.CH4.H3N.Pd/c1-2(3)4;;;/h1H3,(H,3,4);1H4;1H3;.